The van der Waals surface area contributed by atoms with Crippen LogP contribution in [0.15, 0.2) is 18.2 Å². The van der Waals surface area contributed by atoms with Crippen molar-refractivity contribution in [1.82, 2.24) is 9.80 Å². The number of rotatable bonds is 9. The van der Waals surface area contributed by atoms with E-state index in [1.165, 1.54) is 19.3 Å². The van der Waals surface area contributed by atoms with Gasteiger partial charge in [-0.3, -0.25) is 14.5 Å². The highest BCUT2D eigenvalue weighted by molar-refractivity contribution is 5.86. The van der Waals surface area contributed by atoms with E-state index in [1.54, 1.807) is 4.90 Å². The molecule has 0 aliphatic carbocycles. The van der Waals surface area contributed by atoms with Crippen molar-refractivity contribution in [3.63, 3.8) is 0 Å². The molecule has 2 saturated heterocycles. The lowest BCUT2D eigenvalue weighted by Gasteiger charge is -2.26. The molecule has 2 fully saturated rings. The maximum absolute atomic E-state index is 12.1. The molecule has 2 aliphatic rings. The van der Waals surface area contributed by atoms with Crippen LogP contribution in [0.1, 0.15) is 38.2 Å². The lowest BCUT2D eigenvalue weighted by Crippen LogP contribution is -2.33. The fraction of sp³-hybridized carbons (Fsp3) is 0.619. The van der Waals surface area contributed by atoms with E-state index in [9.17, 15) is 9.59 Å². The largest absolute Gasteiger partial charge is 0.490 e. The van der Waals surface area contributed by atoms with Gasteiger partial charge >= 0.3 is 5.97 Å². The van der Waals surface area contributed by atoms with Gasteiger partial charge in [0.15, 0.2) is 11.5 Å². The number of likely N-dealkylation sites (tertiary alicyclic amines) is 2. The summed E-state index contributed by atoms with van der Waals surface area (Å²) in [6.45, 7) is 6.89. The van der Waals surface area contributed by atoms with Gasteiger partial charge in [0.05, 0.1) is 12.5 Å². The van der Waals surface area contributed by atoms with Crippen LogP contribution in [0, 0.1) is 5.92 Å². The maximum atomic E-state index is 12.1. The summed E-state index contributed by atoms with van der Waals surface area (Å²) in [7, 11) is 0. The van der Waals surface area contributed by atoms with Gasteiger partial charge in [0.25, 0.3) is 0 Å². The van der Waals surface area contributed by atoms with E-state index in [4.69, 9.17) is 14.6 Å². The second-order valence-corrected chi connectivity index (χ2v) is 7.48. The molecule has 2 aliphatic heterocycles. The summed E-state index contributed by atoms with van der Waals surface area (Å²) in [5.41, 5.74) is 0.909. The first-order valence-corrected chi connectivity index (χ1v) is 10.2. The summed E-state index contributed by atoms with van der Waals surface area (Å²) >= 11 is 0. The number of piperidine rings is 1. The first-order valence-electron chi connectivity index (χ1n) is 10.2. The van der Waals surface area contributed by atoms with Gasteiger partial charge < -0.3 is 19.5 Å². The average molecular weight is 390 g/mol. The first kappa shape index (κ1) is 20.5. The van der Waals surface area contributed by atoms with Crippen LogP contribution in [-0.2, 0) is 16.1 Å². The van der Waals surface area contributed by atoms with E-state index >= 15 is 0 Å². The van der Waals surface area contributed by atoms with Crippen LogP contribution in [0.25, 0.3) is 0 Å². The Morgan fingerprint density at radius 3 is 2.64 bits per heavy atom. The van der Waals surface area contributed by atoms with Crippen LogP contribution in [-0.4, -0.2) is 66.2 Å². The smallest absolute Gasteiger partial charge is 0.308 e. The monoisotopic (exact) mass is 390 g/mol. The van der Waals surface area contributed by atoms with Gasteiger partial charge in [0.1, 0.15) is 6.61 Å². The SMILES string of the molecule is CCOc1cc(CN2CC(C(=O)O)CC2=O)ccc1OCCN1CCCCC1. The minimum absolute atomic E-state index is 0.0747. The Hall–Kier alpha value is -2.28. The number of carboxylic acids is 1. The van der Waals surface area contributed by atoms with E-state index in [-0.39, 0.29) is 18.9 Å². The number of amides is 1. The van der Waals surface area contributed by atoms with Crippen molar-refractivity contribution in [2.75, 3.05) is 39.4 Å². The molecule has 0 radical (unpaired) electrons. The zero-order chi connectivity index (χ0) is 19.9. The van der Waals surface area contributed by atoms with Crippen LogP contribution in [0.5, 0.6) is 11.5 Å². The number of hydrogen-bond acceptors (Lipinski definition) is 5. The molecule has 1 atom stereocenters. The Morgan fingerprint density at radius 2 is 1.96 bits per heavy atom. The first-order chi connectivity index (χ1) is 13.6. The quantitative estimate of drug-likeness (QED) is 0.697. The van der Waals surface area contributed by atoms with Gasteiger partial charge in [-0.15, -0.1) is 0 Å². The van der Waals surface area contributed by atoms with E-state index < -0.39 is 11.9 Å². The lowest BCUT2D eigenvalue weighted by atomic mass is 10.1. The standard InChI is InChI=1S/C21H30N2O5/c1-2-27-19-12-16(14-23-15-17(21(25)26)13-20(23)24)6-7-18(19)28-11-10-22-8-4-3-5-9-22/h6-7,12,17H,2-5,8-11,13-15H2,1H3,(H,25,26). The van der Waals surface area contributed by atoms with Crippen molar-refractivity contribution in [3.8, 4) is 11.5 Å². The van der Waals surface area contributed by atoms with Gasteiger partial charge in [-0.05, 0) is 50.6 Å². The third-order valence-electron chi connectivity index (χ3n) is 5.36. The number of carbonyl (C=O) groups excluding carboxylic acids is 1. The van der Waals surface area contributed by atoms with Crippen molar-refractivity contribution < 1.29 is 24.2 Å². The van der Waals surface area contributed by atoms with Gasteiger partial charge in [0.2, 0.25) is 5.91 Å². The van der Waals surface area contributed by atoms with Crippen LogP contribution in [0.2, 0.25) is 0 Å². The molecule has 1 unspecified atom stereocenters. The average Bonchev–Trinajstić information content (AvgIpc) is 3.05. The molecule has 1 aromatic carbocycles. The van der Waals surface area contributed by atoms with E-state index in [0.29, 0.717) is 31.3 Å². The van der Waals surface area contributed by atoms with Crippen LogP contribution in [0.3, 0.4) is 0 Å². The summed E-state index contributed by atoms with van der Waals surface area (Å²) in [4.78, 5) is 27.2. The Kier molecular flexibility index (Phi) is 7.14. The van der Waals surface area contributed by atoms with Gasteiger partial charge in [0, 0.05) is 26.1 Å². The molecule has 7 heteroatoms. The Labute approximate surface area is 166 Å². The molecule has 1 amide bonds. The van der Waals surface area contributed by atoms with Gasteiger partial charge in [-0.2, -0.15) is 0 Å². The van der Waals surface area contributed by atoms with Crippen molar-refractivity contribution in [2.45, 2.75) is 39.2 Å². The molecule has 0 bridgehead atoms. The fourth-order valence-electron chi connectivity index (χ4n) is 3.82. The second kappa shape index (κ2) is 9.78. The number of benzene rings is 1. The Balaban J connectivity index is 1.58. The molecule has 2 heterocycles. The van der Waals surface area contributed by atoms with E-state index in [1.807, 2.05) is 25.1 Å². The Bertz CT molecular complexity index is 687. The maximum Gasteiger partial charge on any atom is 0.308 e. The Morgan fingerprint density at radius 1 is 1.18 bits per heavy atom. The normalized spacial score (nSPS) is 20.4. The highest BCUT2D eigenvalue weighted by Crippen LogP contribution is 2.30. The van der Waals surface area contributed by atoms with Crippen molar-refractivity contribution in [2.24, 2.45) is 5.92 Å². The third-order valence-corrected chi connectivity index (χ3v) is 5.36. The molecule has 3 rings (SSSR count). The minimum Gasteiger partial charge on any atom is -0.490 e. The highest BCUT2D eigenvalue weighted by Gasteiger charge is 2.34. The van der Waals surface area contributed by atoms with Crippen LogP contribution in [0.4, 0.5) is 0 Å². The summed E-state index contributed by atoms with van der Waals surface area (Å²) in [6, 6.07) is 5.69. The number of nitrogens with zero attached hydrogens (tertiary/aromatic N) is 2. The molecule has 1 N–H and O–H groups in total. The third kappa shape index (κ3) is 5.38. The molecule has 154 valence electrons. The molecular weight excluding hydrogens is 360 g/mol. The lowest BCUT2D eigenvalue weighted by molar-refractivity contribution is -0.141. The zero-order valence-electron chi connectivity index (χ0n) is 16.6. The number of hydrogen-bond donors (Lipinski definition) is 1. The molecule has 0 spiro atoms. The van der Waals surface area contributed by atoms with Gasteiger partial charge in [-0.25, -0.2) is 0 Å². The van der Waals surface area contributed by atoms with E-state index in [2.05, 4.69) is 4.90 Å². The second-order valence-electron chi connectivity index (χ2n) is 7.48. The molecule has 7 nitrogen and oxygen atoms in total. The molecule has 0 aromatic heterocycles. The highest BCUT2D eigenvalue weighted by atomic mass is 16.5. The number of aliphatic carboxylic acids is 1. The van der Waals surface area contributed by atoms with Crippen molar-refractivity contribution in [1.29, 1.82) is 0 Å². The number of ether oxygens (including phenoxy) is 2. The number of carbonyl (C=O) groups is 2. The summed E-state index contributed by atoms with van der Waals surface area (Å²) in [5.74, 6) is -0.273. The van der Waals surface area contributed by atoms with Crippen LogP contribution >= 0.6 is 0 Å². The molecule has 28 heavy (non-hydrogen) atoms. The molecule has 1 aromatic rings. The minimum atomic E-state index is -0.914. The molecular formula is C21H30N2O5. The summed E-state index contributed by atoms with van der Waals surface area (Å²) in [6.07, 6.45) is 3.92. The topological polar surface area (TPSA) is 79.3 Å². The fourth-order valence-corrected chi connectivity index (χ4v) is 3.82. The zero-order valence-corrected chi connectivity index (χ0v) is 16.6. The van der Waals surface area contributed by atoms with Crippen molar-refractivity contribution >= 4 is 11.9 Å². The predicted octanol–water partition coefficient (Wildman–Crippen LogP) is 2.38. The molecule has 0 saturated carbocycles. The van der Waals surface area contributed by atoms with Gasteiger partial charge in [-0.1, -0.05) is 12.5 Å². The van der Waals surface area contributed by atoms with Crippen molar-refractivity contribution in [3.05, 3.63) is 23.8 Å². The van der Waals surface area contributed by atoms with Crippen LogP contribution < -0.4 is 9.47 Å². The predicted molar refractivity (Wildman–Crippen MR) is 105 cm³/mol. The number of carboxylic acid groups (broad SMARTS) is 1. The summed E-state index contributed by atoms with van der Waals surface area (Å²) < 4.78 is 11.7. The van der Waals surface area contributed by atoms with E-state index in [0.717, 1.165) is 25.2 Å². The summed E-state index contributed by atoms with van der Waals surface area (Å²) in [5, 5.41) is 9.12.